The van der Waals surface area contributed by atoms with Gasteiger partial charge in [-0.15, -0.1) is 0 Å². The number of nitrogens with two attached hydrogens (primary N) is 2. The lowest BCUT2D eigenvalue weighted by Crippen LogP contribution is -2.22. The number of hydrogen-bond donors (Lipinski definition) is 4. The molecule has 6 N–H and O–H groups in total. The van der Waals surface area contributed by atoms with Gasteiger partial charge in [0.2, 0.25) is 0 Å². The maximum atomic E-state index is 9.84. The van der Waals surface area contributed by atoms with Crippen molar-refractivity contribution < 1.29 is 10.2 Å². The van der Waals surface area contributed by atoms with Gasteiger partial charge < -0.3 is 21.7 Å². The molecule has 15 heavy (non-hydrogen) atoms. The SMILES string of the molecule is Cc1ccc(N)c(C(O)C(O)CCN)c1. The summed E-state index contributed by atoms with van der Waals surface area (Å²) in [5.41, 5.74) is 13.1. The smallest absolute Gasteiger partial charge is 0.107 e. The lowest BCUT2D eigenvalue weighted by Gasteiger charge is -2.19. The molecule has 2 unspecified atom stereocenters. The largest absolute Gasteiger partial charge is 0.398 e. The van der Waals surface area contributed by atoms with E-state index in [0.29, 0.717) is 24.2 Å². The fourth-order valence-corrected chi connectivity index (χ4v) is 1.49. The van der Waals surface area contributed by atoms with Crippen molar-refractivity contribution in [1.29, 1.82) is 0 Å². The number of benzene rings is 1. The molecule has 0 aliphatic carbocycles. The van der Waals surface area contributed by atoms with Crippen LogP contribution in [-0.2, 0) is 0 Å². The van der Waals surface area contributed by atoms with Gasteiger partial charge in [0.1, 0.15) is 6.10 Å². The molecule has 0 amide bonds. The molecule has 1 aromatic rings. The molecule has 4 nitrogen and oxygen atoms in total. The summed E-state index contributed by atoms with van der Waals surface area (Å²) in [7, 11) is 0. The first-order chi connectivity index (χ1) is 7.06. The maximum absolute atomic E-state index is 9.84. The molecule has 0 aromatic heterocycles. The first kappa shape index (κ1) is 12.0. The molecule has 4 heteroatoms. The van der Waals surface area contributed by atoms with E-state index in [2.05, 4.69) is 0 Å². The summed E-state index contributed by atoms with van der Waals surface area (Å²) in [5.74, 6) is 0. The zero-order valence-corrected chi connectivity index (χ0v) is 8.85. The van der Waals surface area contributed by atoms with Crippen molar-refractivity contribution >= 4 is 5.69 Å². The Balaban J connectivity index is 2.89. The van der Waals surface area contributed by atoms with E-state index < -0.39 is 12.2 Å². The molecule has 0 fully saturated rings. The first-order valence-corrected chi connectivity index (χ1v) is 4.98. The molecule has 0 aliphatic heterocycles. The molecule has 0 radical (unpaired) electrons. The molecular weight excluding hydrogens is 192 g/mol. The Bertz CT molecular complexity index is 328. The highest BCUT2D eigenvalue weighted by atomic mass is 16.3. The quantitative estimate of drug-likeness (QED) is 0.538. The summed E-state index contributed by atoms with van der Waals surface area (Å²) >= 11 is 0. The Labute approximate surface area is 89.5 Å². The highest BCUT2D eigenvalue weighted by Gasteiger charge is 2.19. The Hall–Kier alpha value is -1.10. The molecule has 0 bridgehead atoms. The molecular formula is C11H18N2O2. The normalized spacial score (nSPS) is 14.9. The monoisotopic (exact) mass is 210 g/mol. The summed E-state index contributed by atoms with van der Waals surface area (Å²) in [6.07, 6.45) is -1.47. The van der Waals surface area contributed by atoms with Crippen LogP contribution in [0.15, 0.2) is 18.2 Å². The summed E-state index contributed by atoms with van der Waals surface area (Å²) in [6, 6.07) is 5.36. The van der Waals surface area contributed by atoms with E-state index in [1.54, 1.807) is 12.1 Å². The Morgan fingerprint density at radius 3 is 2.60 bits per heavy atom. The van der Waals surface area contributed by atoms with Crippen LogP contribution in [0.1, 0.15) is 23.7 Å². The molecule has 84 valence electrons. The molecule has 0 aliphatic rings. The van der Waals surface area contributed by atoms with Crippen LogP contribution in [0.2, 0.25) is 0 Å². The number of hydrogen-bond acceptors (Lipinski definition) is 4. The topological polar surface area (TPSA) is 92.5 Å². The third kappa shape index (κ3) is 2.92. The average molecular weight is 210 g/mol. The van der Waals surface area contributed by atoms with Gasteiger partial charge in [-0.1, -0.05) is 17.7 Å². The van der Waals surface area contributed by atoms with Crippen LogP contribution in [0.5, 0.6) is 0 Å². The number of aliphatic hydroxyl groups excluding tert-OH is 2. The van der Waals surface area contributed by atoms with Gasteiger partial charge in [0.25, 0.3) is 0 Å². The van der Waals surface area contributed by atoms with Crippen LogP contribution in [0.3, 0.4) is 0 Å². The minimum absolute atomic E-state index is 0.337. The van der Waals surface area contributed by atoms with Crippen LogP contribution < -0.4 is 11.5 Å². The van der Waals surface area contributed by atoms with Gasteiger partial charge in [-0.3, -0.25) is 0 Å². The van der Waals surface area contributed by atoms with Crippen LogP contribution in [0.25, 0.3) is 0 Å². The Morgan fingerprint density at radius 1 is 1.33 bits per heavy atom. The van der Waals surface area contributed by atoms with E-state index in [1.807, 2.05) is 13.0 Å². The Kier molecular flexibility index (Phi) is 4.08. The molecule has 2 atom stereocenters. The highest BCUT2D eigenvalue weighted by molar-refractivity contribution is 5.49. The van der Waals surface area contributed by atoms with Crippen molar-refractivity contribution in [2.24, 2.45) is 5.73 Å². The van der Waals surface area contributed by atoms with Crippen molar-refractivity contribution in [3.05, 3.63) is 29.3 Å². The fraction of sp³-hybridized carbons (Fsp3) is 0.455. The molecule has 1 aromatic carbocycles. The summed E-state index contributed by atoms with van der Waals surface area (Å²) in [4.78, 5) is 0. The van der Waals surface area contributed by atoms with Crippen LogP contribution in [0.4, 0.5) is 5.69 Å². The van der Waals surface area contributed by atoms with Gasteiger partial charge in [0, 0.05) is 11.3 Å². The standard InChI is InChI=1S/C11H18N2O2/c1-7-2-3-9(13)8(6-7)11(15)10(14)4-5-12/h2-3,6,10-11,14-15H,4-5,12-13H2,1H3. The summed E-state index contributed by atoms with van der Waals surface area (Å²) in [5, 5.41) is 19.4. The van der Waals surface area contributed by atoms with E-state index in [0.717, 1.165) is 5.56 Å². The molecule has 0 saturated heterocycles. The summed E-state index contributed by atoms with van der Waals surface area (Å²) in [6.45, 7) is 2.24. The third-order valence-corrected chi connectivity index (χ3v) is 2.39. The van der Waals surface area contributed by atoms with Gasteiger partial charge in [-0.05, 0) is 26.0 Å². The Morgan fingerprint density at radius 2 is 2.00 bits per heavy atom. The van der Waals surface area contributed by atoms with Gasteiger partial charge >= 0.3 is 0 Å². The van der Waals surface area contributed by atoms with E-state index in [1.165, 1.54) is 0 Å². The van der Waals surface area contributed by atoms with Gasteiger partial charge in [0.05, 0.1) is 6.10 Å². The van der Waals surface area contributed by atoms with Gasteiger partial charge in [0.15, 0.2) is 0 Å². The lowest BCUT2D eigenvalue weighted by molar-refractivity contribution is 0.0154. The second-order valence-corrected chi connectivity index (χ2v) is 3.72. The minimum atomic E-state index is -0.964. The number of aliphatic hydroxyl groups is 2. The van der Waals surface area contributed by atoms with Crippen molar-refractivity contribution in [1.82, 2.24) is 0 Å². The predicted octanol–water partition coefficient (Wildman–Crippen LogP) is 0.320. The predicted molar refractivity (Wildman–Crippen MR) is 60.2 cm³/mol. The molecule has 0 spiro atoms. The van der Waals surface area contributed by atoms with Crippen molar-refractivity contribution in [2.75, 3.05) is 12.3 Å². The van der Waals surface area contributed by atoms with E-state index in [-0.39, 0.29) is 0 Å². The van der Waals surface area contributed by atoms with E-state index in [4.69, 9.17) is 11.5 Å². The average Bonchev–Trinajstić information content (AvgIpc) is 2.21. The first-order valence-electron chi connectivity index (χ1n) is 4.98. The van der Waals surface area contributed by atoms with Crippen LogP contribution in [-0.4, -0.2) is 22.9 Å². The fourth-order valence-electron chi connectivity index (χ4n) is 1.49. The molecule has 0 heterocycles. The maximum Gasteiger partial charge on any atom is 0.107 e. The van der Waals surface area contributed by atoms with Crippen molar-refractivity contribution in [3.63, 3.8) is 0 Å². The second kappa shape index (κ2) is 5.11. The number of rotatable bonds is 4. The van der Waals surface area contributed by atoms with Gasteiger partial charge in [-0.2, -0.15) is 0 Å². The van der Waals surface area contributed by atoms with Crippen molar-refractivity contribution in [3.8, 4) is 0 Å². The number of nitrogen functional groups attached to an aromatic ring is 1. The van der Waals surface area contributed by atoms with Gasteiger partial charge in [-0.25, -0.2) is 0 Å². The van der Waals surface area contributed by atoms with Crippen molar-refractivity contribution in [2.45, 2.75) is 25.6 Å². The number of aryl methyl sites for hydroxylation is 1. The van der Waals surface area contributed by atoms with E-state index >= 15 is 0 Å². The number of anilines is 1. The van der Waals surface area contributed by atoms with Crippen LogP contribution >= 0.6 is 0 Å². The van der Waals surface area contributed by atoms with Crippen LogP contribution in [0, 0.1) is 6.92 Å². The third-order valence-electron chi connectivity index (χ3n) is 2.39. The van der Waals surface area contributed by atoms with E-state index in [9.17, 15) is 10.2 Å². The molecule has 0 saturated carbocycles. The zero-order chi connectivity index (χ0) is 11.4. The minimum Gasteiger partial charge on any atom is -0.398 e. The second-order valence-electron chi connectivity index (χ2n) is 3.72. The highest BCUT2D eigenvalue weighted by Crippen LogP contribution is 2.25. The zero-order valence-electron chi connectivity index (χ0n) is 8.85. The summed E-state index contributed by atoms with van der Waals surface area (Å²) < 4.78 is 0. The lowest BCUT2D eigenvalue weighted by atomic mass is 9.99. The molecule has 1 rings (SSSR count).